The van der Waals surface area contributed by atoms with Gasteiger partial charge in [0.15, 0.2) is 5.78 Å². The molecule has 0 spiro atoms. The molecule has 0 aromatic carbocycles. The highest BCUT2D eigenvalue weighted by atomic mass is 32.1. The van der Waals surface area contributed by atoms with Crippen LogP contribution in [0.15, 0.2) is 0 Å². The van der Waals surface area contributed by atoms with Crippen LogP contribution in [-0.4, -0.2) is 10.8 Å². The fourth-order valence-electron chi connectivity index (χ4n) is 1.08. The maximum atomic E-state index is 11.4. The topological polar surface area (TPSA) is 30.0 Å². The first kappa shape index (κ1) is 10.4. The molecule has 0 bridgehead atoms. The third kappa shape index (κ3) is 2.15. The zero-order valence-corrected chi connectivity index (χ0v) is 9.36. The highest BCUT2D eigenvalue weighted by Crippen LogP contribution is 2.25. The van der Waals surface area contributed by atoms with Crippen LogP contribution in [0.4, 0.5) is 0 Å². The van der Waals surface area contributed by atoms with Gasteiger partial charge in [0.25, 0.3) is 0 Å². The molecule has 0 fully saturated rings. The number of hydrogen-bond donors (Lipinski definition) is 0. The van der Waals surface area contributed by atoms with Gasteiger partial charge in [-0.15, -0.1) is 11.3 Å². The third-order valence-electron chi connectivity index (χ3n) is 1.88. The summed E-state index contributed by atoms with van der Waals surface area (Å²) in [6, 6.07) is 0. The number of rotatable bonds is 3. The summed E-state index contributed by atoms with van der Waals surface area (Å²) in [7, 11) is 0. The second-order valence-electron chi connectivity index (χ2n) is 3.40. The normalized spacial score (nSPS) is 10.8. The van der Waals surface area contributed by atoms with E-state index in [1.165, 1.54) is 11.3 Å². The van der Waals surface area contributed by atoms with Crippen molar-refractivity contribution in [3.63, 3.8) is 0 Å². The molecule has 2 nitrogen and oxygen atoms in total. The summed E-state index contributed by atoms with van der Waals surface area (Å²) in [6.07, 6.45) is 0.570. The van der Waals surface area contributed by atoms with Crippen LogP contribution < -0.4 is 0 Å². The lowest BCUT2D eigenvalue weighted by molar-refractivity contribution is 0.0991. The van der Waals surface area contributed by atoms with Gasteiger partial charge in [-0.3, -0.25) is 4.79 Å². The molecule has 0 radical (unpaired) electrons. The fourth-order valence-corrected chi connectivity index (χ4v) is 2.16. The predicted molar refractivity (Wildman–Crippen MR) is 55.6 cm³/mol. The van der Waals surface area contributed by atoms with Crippen LogP contribution in [0.5, 0.6) is 0 Å². The SMILES string of the molecule is CCC(=O)c1sc(C(C)C)nc1C. The largest absolute Gasteiger partial charge is 0.293 e. The third-order valence-corrected chi connectivity index (χ3v) is 3.38. The van der Waals surface area contributed by atoms with E-state index in [1.807, 2.05) is 13.8 Å². The van der Waals surface area contributed by atoms with Gasteiger partial charge in [-0.1, -0.05) is 20.8 Å². The number of Topliss-reactive ketones (excluding diaryl/α,β-unsaturated/α-hetero) is 1. The van der Waals surface area contributed by atoms with E-state index >= 15 is 0 Å². The molecule has 0 N–H and O–H groups in total. The number of nitrogens with zero attached hydrogens (tertiary/aromatic N) is 1. The molecule has 0 saturated carbocycles. The maximum absolute atomic E-state index is 11.4. The number of aryl methyl sites for hydroxylation is 1. The van der Waals surface area contributed by atoms with E-state index in [1.54, 1.807) is 0 Å². The molecule has 0 atom stereocenters. The Morgan fingerprint density at radius 1 is 1.54 bits per heavy atom. The van der Waals surface area contributed by atoms with Crippen molar-refractivity contribution in [2.45, 2.75) is 40.0 Å². The van der Waals surface area contributed by atoms with Crippen LogP contribution in [0.3, 0.4) is 0 Å². The number of carbonyl (C=O) groups excluding carboxylic acids is 1. The standard InChI is InChI=1S/C10H15NOS/c1-5-8(12)9-7(4)11-10(13-9)6(2)3/h6H,5H2,1-4H3. The summed E-state index contributed by atoms with van der Waals surface area (Å²) < 4.78 is 0. The van der Waals surface area contributed by atoms with Crippen LogP contribution >= 0.6 is 11.3 Å². The molecule has 0 unspecified atom stereocenters. The molecule has 0 saturated heterocycles. The van der Waals surface area contributed by atoms with Gasteiger partial charge < -0.3 is 0 Å². The zero-order chi connectivity index (χ0) is 10.0. The van der Waals surface area contributed by atoms with E-state index in [9.17, 15) is 4.79 Å². The second kappa shape index (κ2) is 4.01. The van der Waals surface area contributed by atoms with E-state index in [0.717, 1.165) is 15.6 Å². The Morgan fingerprint density at radius 2 is 2.15 bits per heavy atom. The quantitative estimate of drug-likeness (QED) is 0.697. The Kier molecular flexibility index (Phi) is 3.20. The van der Waals surface area contributed by atoms with Crippen molar-refractivity contribution < 1.29 is 4.79 Å². The Bertz CT molecular complexity index is 315. The van der Waals surface area contributed by atoms with Crippen molar-refractivity contribution in [3.05, 3.63) is 15.6 Å². The molecule has 1 aromatic rings. The summed E-state index contributed by atoms with van der Waals surface area (Å²) in [5, 5.41) is 1.06. The van der Waals surface area contributed by atoms with Crippen molar-refractivity contribution in [1.29, 1.82) is 0 Å². The van der Waals surface area contributed by atoms with Gasteiger partial charge in [-0.25, -0.2) is 4.98 Å². The first-order valence-corrected chi connectivity index (χ1v) is 5.38. The van der Waals surface area contributed by atoms with E-state index in [-0.39, 0.29) is 5.78 Å². The number of thiazole rings is 1. The van der Waals surface area contributed by atoms with Crippen LogP contribution in [0, 0.1) is 6.92 Å². The minimum absolute atomic E-state index is 0.210. The molecular formula is C10H15NOS. The van der Waals surface area contributed by atoms with Gasteiger partial charge in [0.2, 0.25) is 0 Å². The lowest BCUT2D eigenvalue weighted by atomic mass is 10.2. The first-order chi connectivity index (χ1) is 6.06. The van der Waals surface area contributed by atoms with Crippen molar-refractivity contribution in [2.24, 2.45) is 0 Å². The van der Waals surface area contributed by atoms with Gasteiger partial charge >= 0.3 is 0 Å². The monoisotopic (exact) mass is 197 g/mol. The maximum Gasteiger partial charge on any atom is 0.174 e. The summed E-state index contributed by atoms with van der Waals surface area (Å²) >= 11 is 1.54. The van der Waals surface area contributed by atoms with Gasteiger partial charge in [-0.2, -0.15) is 0 Å². The smallest absolute Gasteiger partial charge is 0.174 e. The summed E-state index contributed by atoms with van der Waals surface area (Å²) in [5.74, 6) is 0.629. The van der Waals surface area contributed by atoms with Crippen molar-refractivity contribution in [2.75, 3.05) is 0 Å². The summed E-state index contributed by atoms with van der Waals surface area (Å²) in [5.41, 5.74) is 0.889. The average Bonchev–Trinajstić information content (AvgIpc) is 2.46. The minimum atomic E-state index is 0.210. The van der Waals surface area contributed by atoms with E-state index in [4.69, 9.17) is 0 Å². The van der Waals surface area contributed by atoms with Crippen molar-refractivity contribution in [1.82, 2.24) is 4.98 Å². The predicted octanol–water partition coefficient (Wildman–Crippen LogP) is 3.17. The summed E-state index contributed by atoms with van der Waals surface area (Å²) in [6.45, 7) is 7.98. The van der Waals surface area contributed by atoms with Gasteiger partial charge in [0.1, 0.15) is 0 Å². The molecule has 0 aliphatic rings. The van der Waals surface area contributed by atoms with E-state index in [2.05, 4.69) is 18.8 Å². The second-order valence-corrected chi connectivity index (χ2v) is 4.43. The molecule has 1 heterocycles. The number of hydrogen-bond acceptors (Lipinski definition) is 3. The van der Waals surface area contributed by atoms with Crippen molar-refractivity contribution in [3.8, 4) is 0 Å². The average molecular weight is 197 g/mol. The molecule has 3 heteroatoms. The van der Waals surface area contributed by atoms with Crippen LogP contribution in [-0.2, 0) is 0 Å². The van der Waals surface area contributed by atoms with Gasteiger partial charge in [0.05, 0.1) is 15.6 Å². The van der Waals surface area contributed by atoms with Crippen LogP contribution in [0.1, 0.15) is 53.5 Å². The highest BCUT2D eigenvalue weighted by molar-refractivity contribution is 7.13. The first-order valence-electron chi connectivity index (χ1n) is 4.56. The number of aromatic nitrogens is 1. The van der Waals surface area contributed by atoms with Crippen LogP contribution in [0.25, 0.3) is 0 Å². The molecule has 0 amide bonds. The molecule has 72 valence electrons. The Hall–Kier alpha value is -0.700. The summed E-state index contributed by atoms with van der Waals surface area (Å²) in [4.78, 5) is 16.7. The van der Waals surface area contributed by atoms with Crippen molar-refractivity contribution >= 4 is 17.1 Å². The Morgan fingerprint density at radius 3 is 2.54 bits per heavy atom. The molecular weight excluding hydrogens is 182 g/mol. The van der Waals surface area contributed by atoms with E-state index in [0.29, 0.717) is 12.3 Å². The van der Waals surface area contributed by atoms with Gasteiger partial charge in [-0.05, 0) is 6.92 Å². The van der Waals surface area contributed by atoms with Gasteiger partial charge in [0, 0.05) is 12.3 Å². The Balaban J connectivity index is 3.03. The lowest BCUT2D eigenvalue weighted by Crippen LogP contribution is -1.94. The van der Waals surface area contributed by atoms with Crippen LogP contribution in [0.2, 0.25) is 0 Å². The number of ketones is 1. The molecule has 13 heavy (non-hydrogen) atoms. The fraction of sp³-hybridized carbons (Fsp3) is 0.600. The minimum Gasteiger partial charge on any atom is -0.293 e. The highest BCUT2D eigenvalue weighted by Gasteiger charge is 2.14. The lowest BCUT2D eigenvalue weighted by Gasteiger charge is -1.95. The molecule has 1 aromatic heterocycles. The molecule has 1 rings (SSSR count). The Labute approximate surface area is 83.0 Å². The molecule has 0 aliphatic carbocycles. The zero-order valence-electron chi connectivity index (χ0n) is 8.55. The number of carbonyl (C=O) groups is 1. The molecule has 0 aliphatic heterocycles. The van der Waals surface area contributed by atoms with E-state index < -0.39 is 0 Å².